The summed E-state index contributed by atoms with van der Waals surface area (Å²) in [5, 5.41) is 5.08. The van der Waals surface area contributed by atoms with Gasteiger partial charge in [-0.05, 0) is 31.2 Å². The Morgan fingerprint density at radius 2 is 1.62 bits per heavy atom. The van der Waals surface area contributed by atoms with Crippen molar-refractivity contribution in [1.29, 1.82) is 0 Å². The van der Waals surface area contributed by atoms with Crippen molar-refractivity contribution in [3.05, 3.63) is 90.0 Å². The Hall–Kier alpha value is -4.19. The van der Waals surface area contributed by atoms with Crippen LogP contribution in [0.25, 0.3) is 22.2 Å². The Kier molecular flexibility index (Phi) is 6.12. The molecule has 1 heterocycles. The molecule has 3 aromatic carbocycles. The summed E-state index contributed by atoms with van der Waals surface area (Å²) >= 11 is 0. The number of carbonyl (C=O) groups excluding carboxylic acids is 1. The van der Waals surface area contributed by atoms with Crippen molar-refractivity contribution >= 4 is 22.5 Å². The van der Waals surface area contributed by atoms with Crippen LogP contribution >= 0.6 is 0 Å². The van der Waals surface area contributed by atoms with E-state index in [9.17, 15) is 4.79 Å². The number of ether oxygens (including phenoxy) is 2. The van der Waals surface area contributed by atoms with Crippen LogP contribution in [0.3, 0.4) is 0 Å². The van der Waals surface area contributed by atoms with Crippen LogP contribution in [-0.2, 0) is 0 Å². The number of benzene rings is 3. The fourth-order valence-corrected chi connectivity index (χ4v) is 3.47. The molecule has 6 nitrogen and oxygen atoms in total. The van der Waals surface area contributed by atoms with Crippen LogP contribution in [0.4, 0.5) is 0 Å². The zero-order valence-corrected chi connectivity index (χ0v) is 18.1. The van der Waals surface area contributed by atoms with Gasteiger partial charge in [0.2, 0.25) is 0 Å². The van der Waals surface area contributed by atoms with Gasteiger partial charge in [-0.1, -0.05) is 48.5 Å². The molecule has 0 aliphatic rings. The van der Waals surface area contributed by atoms with Gasteiger partial charge in [-0.25, -0.2) is 10.4 Å². The van der Waals surface area contributed by atoms with Crippen LogP contribution < -0.4 is 14.9 Å². The van der Waals surface area contributed by atoms with Gasteiger partial charge in [0.1, 0.15) is 11.5 Å². The van der Waals surface area contributed by atoms with Gasteiger partial charge in [-0.15, -0.1) is 0 Å². The molecular weight excluding hydrogens is 402 g/mol. The number of aromatic nitrogens is 1. The molecule has 0 atom stereocenters. The van der Waals surface area contributed by atoms with Crippen molar-refractivity contribution in [3.63, 3.8) is 0 Å². The molecule has 0 unspecified atom stereocenters. The molecular formula is C26H23N3O3. The Morgan fingerprint density at radius 3 is 2.38 bits per heavy atom. The molecule has 4 aromatic rings. The number of methoxy groups -OCH3 is 2. The van der Waals surface area contributed by atoms with Crippen molar-refractivity contribution in [3.8, 4) is 22.8 Å². The molecule has 0 fully saturated rings. The lowest BCUT2D eigenvalue weighted by atomic mass is 10.0. The summed E-state index contributed by atoms with van der Waals surface area (Å²) in [5.41, 5.74) is 6.98. The van der Waals surface area contributed by atoms with Gasteiger partial charge in [0.25, 0.3) is 5.91 Å². The van der Waals surface area contributed by atoms with E-state index in [0.29, 0.717) is 22.8 Å². The monoisotopic (exact) mass is 425 g/mol. The van der Waals surface area contributed by atoms with Crippen LogP contribution in [0.15, 0.2) is 84.0 Å². The molecule has 160 valence electrons. The van der Waals surface area contributed by atoms with Gasteiger partial charge in [-0.3, -0.25) is 4.79 Å². The molecule has 6 heteroatoms. The van der Waals surface area contributed by atoms with E-state index in [4.69, 9.17) is 14.5 Å². The number of nitrogens with one attached hydrogen (secondary N) is 1. The molecule has 0 radical (unpaired) electrons. The molecule has 4 rings (SSSR count). The smallest absolute Gasteiger partial charge is 0.272 e. The molecule has 0 saturated carbocycles. The second kappa shape index (κ2) is 9.31. The Balaban J connectivity index is 1.68. The molecule has 0 bridgehead atoms. The topological polar surface area (TPSA) is 72.8 Å². The summed E-state index contributed by atoms with van der Waals surface area (Å²) in [6.07, 6.45) is 0. The van der Waals surface area contributed by atoms with E-state index >= 15 is 0 Å². The Morgan fingerprint density at radius 1 is 0.875 bits per heavy atom. The van der Waals surface area contributed by atoms with E-state index in [1.807, 2.05) is 73.7 Å². The highest BCUT2D eigenvalue weighted by atomic mass is 16.5. The van der Waals surface area contributed by atoms with Gasteiger partial charge >= 0.3 is 0 Å². The minimum atomic E-state index is -0.312. The first-order valence-electron chi connectivity index (χ1n) is 10.1. The van der Waals surface area contributed by atoms with Gasteiger partial charge in [0.05, 0.1) is 36.7 Å². The van der Waals surface area contributed by atoms with Gasteiger partial charge < -0.3 is 9.47 Å². The molecule has 1 aromatic heterocycles. The van der Waals surface area contributed by atoms with Crippen LogP contribution in [0.5, 0.6) is 11.5 Å². The fraction of sp³-hybridized carbons (Fsp3) is 0.115. The Labute approximate surface area is 186 Å². The molecule has 0 aliphatic carbocycles. The summed E-state index contributed by atoms with van der Waals surface area (Å²) < 4.78 is 10.7. The summed E-state index contributed by atoms with van der Waals surface area (Å²) in [5.74, 6) is 0.979. The predicted molar refractivity (Wildman–Crippen MR) is 126 cm³/mol. The number of para-hydroxylation sites is 1. The van der Waals surface area contributed by atoms with E-state index < -0.39 is 0 Å². The van der Waals surface area contributed by atoms with Crippen molar-refractivity contribution in [2.24, 2.45) is 5.10 Å². The number of fused-ring (bicyclic) bond motifs is 1. The highest BCUT2D eigenvalue weighted by molar-refractivity contribution is 6.08. The summed E-state index contributed by atoms with van der Waals surface area (Å²) in [4.78, 5) is 17.9. The molecule has 1 N–H and O–H groups in total. The summed E-state index contributed by atoms with van der Waals surface area (Å²) in [6, 6.07) is 24.6. The minimum absolute atomic E-state index is 0.312. The average molecular weight is 425 g/mol. The van der Waals surface area contributed by atoms with E-state index in [1.54, 1.807) is 26.4 Å². The van der Waals surface area contributed by atoms with Crippen molar-refractivity contribution in [2.45, 2.75) is 6.92 Å². The number of hydrazone groups is 1. The zero-order chi connectivity index (χ0) is 22.5. The van der Waals surface area contributed by atoms with Gasteiger partial charge in [-0.2, -0.15) is 5.10 Å². The van der Waals surface area contributed by atoms with Crippen LogP contribution in [0.2, 0.25) is 0 Å². The average Bonchev–Trinajstić information content (AvgIpc) is 2.86. The first-order valence-corrected chi connectivity index (χ1v) is 10.1. The maximum Gasteiger partial charge on any atom is 0.272 e. The third-order valence-corrected chi connectivity index (χ3v) is 5.15. The van der Waals surface area contributed by atoms with Crippen molar-refractivity contribution in [1.82, 2.24) is 10.4 Å². The maximum atomic E-state index is 13.1. The SMILES string of the molecule is COc1ccc(C(C)=NNC(=O)c2cc(-c3ccccc3)nc3ccccc23)c(OC)c1. The number of amides is 1. The fourth-order valence-electron chi connectivity index (χ4n) is 3.47. The Bertz CT molecular complexity index is 1300. The van der Waals surface area contributed by atoms with Crippen LogP contribution in [0.1, 0.15) is 22.8 Å². The predicted octanol–water partition coefficient (Wildman–Crippen LogP) is 5.07. The lowest BCUT2D eigenvalue weighted by Gasteiger charge is -2.11. The van der Waals surface area contributed by atoms with E-state index in [-0.39, 0.29) is 5.91 Å². The molecule has 0 spiro atoms. The van der Waals surface area contributed by atoms with E-state index in [1.165, 1.54) is 0 Å². The first-order chi connectivity index (χ1) is 15.6. The van der Waals surface area contributed by atoms with Crippen molar-refractivity contribution < 1.29 is 14.3 Å². The third-order valence-electron chi connectivity index (χ3n) is 5.15. The molecule has 32 heavy (non-hydrogen) atoms. The second-order valence-electron chi connectivity index (χ2n) is 7.14. The molecule has 0 saturated heterocycles. The van der Waals surface area contributed by atoms with Crippen LogP contribution in [-0.4, -0.2) is 30.8 Å². The second-order valence-corrected chi connectivity index (χ2v) is 7.14. The number of nitrogens with zero attached hydrogens (tertiary/aromatic N) is 2. The van der Waals surface area contributed by atoms with Crippen LogP contribution in [0, 0.1) is 0 Å². The zero-order valence-electron chi connectivity index (χ0n) is 18.1. The number of pyridine rings is 1. The van der Waals surface area contributed by atoms with E-state index in [2.05, 4.69) is 10.5 Å². The number of hydrogen-bond donors (Lipinski definition) is 1. The minimum Gasteiger partial charge on any atom is -0.497 e. The molecule has 1 amide bonds. The van der Waals surface area contributed by atoms with E-state index in [0.717, 1.165) is 27.7 Å². The summed E-state index contributed by atoms with van der Waals surface area (Å²) in [7, 11) is 3.18. The molecule has 0 aliphatic heterocycles. The number of rotatable bonds is 6. The largest absolute Gasteiger partial charge is 0.497 e. The normalized spacial score (nSPS) is 11.3. The maximum absolute atomic E-state index is 13.1. The number of hydrogen-bond acceptors (Lipinski definition) is 5. The lowest BCUT2D eigenvalue weighted by Crippen LogP contribution is -2.20. The third kappa shape index (κ3) is 4.30. The first kappa shape index (κ1) is 21.1. The highest BCUT2D eigenvalue weighted by Gasteiger charge is 2.14. The van der Waals surface area contributed by atoms with Gasteiger partial charge in [0.15, 0.2) is 0 Å². The lowest BCUT2D eigenvalue weighted by molar-refractivity contribution is 0.0956. The highest BCUT2D eigenvalue weighted by Crippen LogP contribution is 2.26. The quantitative estimate of drug-likeness (QED) is 0.346. The van der Waals surface area contributed by atoms with Crippen molar-refractivity contribution in [2.75, 3.05) is 14.2 Å². The number of carbonyl (C=O) groups is 1. The summed E-state index contributed by atoms with van der Waals surface area (Å²) in [6.45, 7) is 1.81. The standard InChI is InChI=1S/C26H23N3O3/c1-17(20-14-13-19(31-2)15-25(20)32-3)28-29-26(30)22-16-24(18-9-5-4-6-10-18)27-23-12-8-7-11-21(22)23/h4-16H,1-3H3,(H,29,30). The van der Waals surface area contributed by atoms with Gasteiger partial charge in [0, 0.05) is 22.6 Å².